The van der Waals surface area contributed by atoms with Gasteiger partial charge < -0.3 is 14.7 Å². The van der Waals surface area contributed by atoms with Gasteiger partial charge in [-0.1, -0.05) is 26.0 Å². The first-order valence-corrected chi connectivity index (χ1v) is 6.84. The highest BCUT2D eigenvalue weighted by Gasteiger charge is 2.48. The van der Waals surface area contributed by atoms with Crippen molar-refractivity contribution in [1.82, 2.24) is 19.9 Å². The molecule has 2 aliphatic rings. The predicted molar refractivity (Wildman–Crippen MR) is 70.5 cm³/mol. The molecule has 7 nitrogen and oxygen atoms in total. The Hall–Kier alpha value is -1.63. The van der Waals surface area contributed by atoms with Crippen LogP contribution in [0, 0.1) is 12.3 Å². The summed E-state index contributed by atoms with van der Waals surface area (Å²) >= 11 is 0. The molecule has 1 fully saturated rings. The van der Waals surface area contributed by atoms with Gasteiger partial charge in [0.05, 0.1) is 24.0 Å². The third-order valence-corrected chi connectivity index (χ3v) is 4.08. The molecule has 0 saturated carbocycles. The molecular formula is C13H20N4O3. The zero-order valence-electron chi connectivity index (χ0n) is 12.2. The highest BCUT2D eigenvalue weighted by atomic mass is 16.5. The van der Waals surface area contributed by atoms with Gasteiger partial charge in [0, 0.05) is 6.54 Å². The number of hydrogen-bond donors (Lipinski definition) is 1. The average molecular weight is 280 g/mol. The van der Waals surface area contributed by atoms with E-state index in [1.165, 1.54) is 4.90 Å². The van der Waals surface area contributed by atoms with Crippen LogP contribution in [0.3, 0.4) is 0 Å². The molecule has 0 aromatic carbocycles. The van der Waals surface area contributed by atoms with E-state index >= 15 is 0 Å². The molecule has 7 heteroatoms. The van der Waals surface area contributed by atoms with E-state index in [-0.39, 0.29) is 23.7 Å². The number of hydrogen-bond acceptors (Lipinski definition) is 4. The number of rotatable bonds is 0. The van der Waals surface area contributed by atoms with Gasteiger partial charge in [0.2, 0.25) is 0 Å². The summed E-state index contributed by atoms with van der Waals surface area (Å²) in [6.45, 7) is 9.05. The Morgan fingerprint density at radius 3 is 2.70 bits per heavy atom. The Balaban J connectivity index is 2.02. The zero-order chi connectivity index (χ0) is 14.7. The van der Waals surface area contributed by atoms with Gasteiger partial charge in [0.1, 0.15) is 12.2 Å². The molecular weight excluding hydrogens is 260 g/mol. The molecule has 3 atom stereocenters. The van der Waals surface area contributed by atoms with Crippen molar-refractivity contribution in [3.63, 3.8) is 0 Å². The Morgan fingerprint density at radius 1 is 1.40 bits per heavy atom. The summed E-state index contributed by atoms with van der Waals surface area (Å²) in [5.41, 5.74) is 1.74. The molecule has 20 heavy (non-hydrogen) atoms. The average Bonchev–Trinajstić information content (AvgIpc) is 2.90. The lowest BCUT2D eigenvalue weighted by molar-refractivity contribution is -0.102. The van der Waals surface area contributed by atoms with E-state index in [4.69, 9.17) is 9.84 Å². The highest BCUT2D eigenvalue weighted by molar-refractivity contribution is 5.65. The first kappa shape index (κ1) is 13.4. The van der Waals surface area contributed by atoms with Crippen molar-refractivity contribution in [2.45, 2.75) is 45.9 Å². The summed E-state index contributed by atoms with van der Waals surface area (Å²) < 4.78 is 8.09. The maximum atomic E-state index is 11.2. The van der Waals surface area contributed by atoms with Crippen molar-refractivity contribution in [3.05, 3.63) is 11.4 Å². The van der Waals surface area contributed by atoms with Gasteiger partial charge in [-0.25, -0.2) is 9.48 Å². The van der Waals surface area contributed by atoms with E-state index in [0.29, 0.717) is 13.1 Å². The second kappa shape index (κ2) is 4.18. The smallest absolute Gasteiger partial charge is 0.407 e. The molecule has 1 saturated heterocycles. The zero-order valence-corrected chi connectivity index (χ0v) is 12.2. The molecule has 1 aromatic heterocycles. The van der Waals surface area contributed by atoms with Crippen molar-refractivity contribution < 1.29 is 14.6 Å². The van der Waals surface area contributed by atoms with Crippen LogP contribution in [0.15, 0.2) is 0 Å². The molecule has 3 rings (SSSR count). The van der Waals surface area contributed by atoms with E-state index in [0.717, 1.165) is 11.4 Å². The van der Waals surface area contributed by atoms with Crippen molar-refractivity contribution in [3.8, 4) is 0 Å². The number of ether oxygens (including phenoxy) is 1. The number of carboxylic acid groups (broad SMARTS) is 1. The van der Waals surface area contributed by atoms with E-state index in [9.17, 15) is 4.79 Å². The third kappa shape index (κ3) is 1.88. The van der Waals surface area contributed by atoms with E-state index in [2.05, 4.69) is 31.1 Å². The lowest BCUT2D eigenvalue weighted by Gasteiger charge is -2.39. The van der Waals surface area contributed by atoms with Gasteiger partial charge in [0.15, 0.2) is 0 Å². The second-order valence-corrected chi connectivity index (χ2v) is 6.68. The summed E-state index contributed by atoms with van der Waals surface area (Å²) in [5.74, 6) is 0. The van der Waals surface area contributed by atoms with Crippen LogP contribution in [0.1, 0.15) is 44.3 Å². The van der Waals surface area contributed by atoms with Crippen molar-refractivity contribution in [2.24, 2.45) is 5.41 Å². The molecule has 3 heterocycles. The maximum Gasteiger partial charge on any atom is 0.407 e. The lowest BCUT2D eigenvalue weighted by Crippen LogP contribution is -2.39. The number of aromatic nitrogens is 3. The minimum absolute atomic E-state index is 0.0686. The highest BCUT2D eigenvalue weighted by Crippen LogP contribution is 2.45. The molecule has 110 valence electrons. The molecule has 0 spiro atoms. The second-order valence-electron chi connectivity index (χ2n) is 6.68. The van der Waals surface area contributed by atoms with Crippen LogP contribution in [0.5, 0.6) is 0 Å². The molecule has 0 bridgehead atoms. The fraction of sp³-hybridized carbons (Fsp3) is 0.769. The molecule has 2 aliphatic heterocycles. The fourth-order valence-corrected chi connectivity index (χ4v) is 3.07. The number of nitrogens with zero attached hydrogens (tertiary/aromatic N) is 4. The van der Waals surface area contributed by atoms with Crippen LogP contribution in [0.4, 0.5) is 4.79 Å². The maximum absolute atomic E-state index is 11.2. The van der Waals surface area contributed by atoms with E-state index in [1.807, 2.05) is 11.6 Å². The fourth-order valence-electron chi connectivity index (χ4n) is 3.07. The van der Waals surface area contributed by atoms with Gasteiger partial charge in [0.25, 0.3) is 0 Å². The predicted octanol–water partition coefficient (Wildman–Crippen LogP) is 1.61. The normalized spacial score (nSPS) is 29.2. The summed E-state index contributed by atoms with van der Waals surface area (Å²) in [6.07, 6.45) is -1.18. The largest absolute Gasteiger partial charge is 0.465 e. The number of likely N-dealkylation sites (tertiary alicyclic amines) is 1. The first-order valence-electron chi connectivity index (χ1n) is 6.84. The molecule has 1 aromatic rings. The van der Waals surface area contributed by atoms with Gasteiger partial charge >= 0.3 is 6.09 Å². The Morgan fingerprint density at radius 2 is 2.10 bits per heavy atom. The Labute approximate surface area is 117 Å². The minimum Gasteiger partial charge on any atom is -0.465 e. The van der Waals surface area contributed by atoms with Crippen molar-refractivity contribution >= 4 is 6.09 Å². The lowest BCUT2D eigenvalue weighted by atomic mass is 9.85. The van der Waals surface area contributed by atoms with Crippen LogP contribution in [0.2, 0.25) is 0 Å². The van der Waals surface area contributed by atoms with Gasteiger partial charge in [-0.2, -0.15) is 0 Å². The van der Waals surface area contributed by atoms with Crippen LogP contribution in [-0.2, 0) is 4.74 Å². The van der Waals surface area contributed by atoms with Crippen LogP contribution < -0.4 is 0 Å². The van der Waals surface area contributed by atoms with Crippen LogP contribution in [-0.4, -0.2) is 50.3 Å². The van der Waals surface area contributed by atoms with Crippen molar-refractivity contribution in [2.75, 3.05) is 13.1 Å². The van der Waals surface area contributed by atoms with Crippen LogP contribution >= 0.6 is 0 Å². The Bertz CT molecular complexity index is 548. The number of amides is 1. The summed E-state index contributed by atoms with van der Waals surface area (Å²) in [6, 6.07) is -0.0686. The SMILES string of the molecule is Cc1nnn2c1C(C(C)(C)C)O[C@H]1CN(C(=O)O)C[C@@H]12. The molecule has 0 aliphatic carbocycles. The molecule has 1 N–H and O–H groups in total. The quantitative estimate of drug-likeness (QED) is 0.781. The van der Waals surface area contributed by atoms with Gasteiger partial charge in [-0.15, -0.1) is 5.10 Å². The van der Waals surface area contributed by atoms with Gasteiger partial charge in [-0.3, -0.25) is 0 Å². The number of carbonyl (C=O) groups is 1. The summed E-state index contributed by atoms with van der Waals surface area (Å²) in [4.78, 5) is 12.6. The van der Waals surface area contributed by atoms with Crippen LogP contribution in [0.25, 0.3) is 0 Å². The summed E-state index contributed by atoms with van der Waals surface area (Å²) in [7, 11) is 0. The molecule has 0 radical (unpaired) electrons. The standard InChI is InChI=1S/C13H20N4O3/c1-7-10-11(13(2,3)4)20-9-6-16(12(18)19)5-8(9)17(10)15-14-7/h8-9,11H,5-6H2,1-4H3,(H,18,19)/t8-,9-,11?/m0/s1. The number of aryl methyl sites for hydroxylation is 1. The van der Waals surface area contributed by atoms with Gasteiger partial charge in [-0.05, 0) is 12.3 Å². The first-order chi connectivity index (χ1) is 9.29. The summed E-state index contributed by atoms with van der Waals surface area (Å²) in [5, 5.41) is 17.5. The molecule has 1 unspecified atom stereocenters. The third-order valence-electron chi connectivity index (χ3n) is 4.08. The molecule has 1 amide bonds. The van der Waals surface area contributed by atoms with E-state index in [1.54, 1.807) is 0 Å². The van der Waals surface area contributed by atoms with E-state index < -0.39 is 6.09 Å². The number of fused-ring (bicyclic) bond motifs is 3. The Kier molecular flexibility index (Phi) is 2.79. The topological polar surface area (TPSA) is 80.5 Å². The monoisotopic (exact) mass is 280 g/mol. The minimum atomic E-state index is -0.909. The van der Waals surface area contributed by atoms with Crippen molar-refractivity contribution in [1.29, 1.82) is 0 Å².